The number of pyridine rings is 1. The van der Waals surface area contributed by atoms with Gasteiger partial charge in [0.1, 0.15) is 0 Å². The Bertz CT molecular complexity index is 642. The molecule has 2 aromatic rings. The van der Waals surface area contributed by atoms with Crippen LogP contribution in [-0.2, 0) is 12.8 Å². The highest BCUT2D eigenvalue weighted by molar-refractivity contribution is 7.15. The number of nitrogen functional groups attached to an aromatic ring is 1. The minimum absolute atomic E-state index is 0.663. The Morgan fingerprint density at radius 2 is 2.27 bits per heavy atom. The van der Waals surface area contributed by atoms with Gasteiger partial charge in [-0.1, -0.05) is 12.2 Å². The van der Waals surface area contributed by atoms with Crippen molar-refractivity contribution in [2.75, 3.05) is 32.5 Å². The average Bonchev–Trinajstić information content (AvgIpc) is 2.79. The Balaban J connectivity index is 1.58. The van der Waals surface area contributed by atoms with Gasteiger partial charge in [0.2, 0.25) is 5.88 Å². The number of nitrogens with two attached hydrogens (primary N) is 1. The second kappa shape index (κ2) is 6.89. The first-order valence-electron chi connectivity index (χ1n) is 7.38. The summed E-state index contributed by atoms with van der Waals surface area (Å²) in [7, 11) is 1.64. The van der Waals surface area contributed by atoms with Gasteiger partial charge in [-0.25, -0.2) is 9.97 Å². The highest BCUT2D eigenvalue weighted by Gasteiger charge is 2.16. The molecule has 0 radical (unpaired) electrons. The molecule has 1 aliphatic heterocycles. The maximum atomic E-state index is 5.78. The third-order valence-electron chi connectivity index (χ3n) is 3.77. The number of hydrogen-bond donors (Lipinski definition) is 1. The number of aromatic nitrogens is 2. The fourth-order valence-electron chi connectivity index (χ4n) is 2.64. The maximum absolute atomic E-state index is 5.78. The largest absolute Gasteiger partial charge is 0.481 e. The van der Waals surface area contributed by atoms with Gasteiger partial charge < -0.3 is 10.5 Å². The minimum atomic E-state index is 0.663. The van der Waals surface area contributed by atoms with Crippen LogP contribution in [0.5, 0.6) is 5.88 Å². The van der Waals surface area contributed by atoms with Crippen LogP contribution < -0.4 is 10.5 Å². The highest BCUT2D eigenvalue weighted by atomic mass is 32.1. The molecule has 5 nitrogen and oxygen atoms in total. The van der Waals surface area contributed by atoms with Crippen LogP contribution >= 0.6 is 11.3 Å². The van der Waals surface area contributed by atoms with Crippen LogP contribution in [-0.4, -0.2) is 41.6 Å². The molecule has 2 N–H and O–H groups in total. The number of hydrogen-bond acceptors (Lipinski definition) is 6. The molecule has 0 fully saturated rings. The number of ether oxygens (including phenoxy) is 1. The van der Waals surface area contributed by atoms with Gasteiger partial charge in [0.05, 0.1) is 12.8 Å². The maximum Gasteiger partial charge on any atom is 0.220 e. The van der Waals surface area contributed by atoms with Gasteiger partial charge in [0.25, 0.3) is 0 Å². The zero-order valence-corrected chi connectivity index (χ0v) is 13.5. The molecule has 116 valence electrons. The van der Waals surface area contributed by atoms with Gasteiger partial charge in [-0.15, -0.1) is 11.3 Å². The molecular formula is C16H20N4OS. The molecule has 0 saturated heterocycles. The summed E-state index contributed by atoms with van der Waals surface area (Å²) in [6.07, 6.45) is 7.99. The van der Waals surface area contributed by atoms with E-state index in [2.05, 4.69) is 27.0 Å². The van der Waals surface area contributed by atoms with E-state index < -0.39 is 0 Å². The van der Waals surface area contributed by atoms with Crippen molar-refractivity contribution < 1.29 is 4.74 Å². The molecule has 6 heteroatoms. The smallest absolute Gasteiger partial charge is 0.220 e. The molecule has 0 aromatic carbocycles. The lowest BCUT2D eigenvalue weighted by Crippen LogP contribution is -2.26. The molecule has 0 spiro atoms. The van der Waals surface area contributed by atoms with Crippen molar-refractivity contribution in [3.63, 3.8) is 0 Å². The van der Waals surface area contributed by atoms with Crippen molar-refractivity contribution >= 4 is 22.5 Å². The van der Waals surface area contributed by atoms with Gasteiger partial charge in [-0.05, 0) is 18.6 Å². The van der Waals surface area contributed by atoms with Crippen LogP contribution in [0.25, 0.3) is 6.08 Å². The van der Waals surface area contributed by atoms with E-state index in [0.717, 1.165) is 38.0 Å². The normalized spacial score (nSPS) is 15.7. The quantitative estimate of drug-likeness (QED) is 0.937. The molecule has 22 heavy (non-hydrogen) atoms. The van der Waals surface area contributed by atoms with Gasteiger partial charge in [0, 0.05) is 42.7 Å². The Morgan fingerprint density at radius 3 is 3.14 bits per heavy atom. The summed E-state index contributed by atoms with van der Waals surface area (Å²) in [6, 6.07) is 3.93. The Kier molecular flexibility index (Phi) is 4.70. The van der Waals surface area contributed by atoms with Crippen molar-refractivity contribution in [1.82, 2.24) is 14.9 Å². The average molecular weight is 316 g/mol. The number of fused-ring (bicyclic) bond motifs is 1. The monoisotopic (exact) mass is 316 g/mol. The topological polar surface area (TPSA) is 64.3 Å². The molecule has 0 unspecified atom stereocenters. The number of rotatable bonds is 4. The Morgan fingerprint density at radius 1 is 1.41 bits per heavy atom. The summed E-state index contributed by atoms with van der Waals surface area (Å²) < 4.78 is 5.26. The zero-order chi connectivity index (χ0) is 15.4. The van der Waals surface area contributed by atoms with Crippen molar-refractivity contribution in [1.29, 1.82) is 0 Å². The minimum Gasteiger partial charge on any atom is -0.481 e. The van der Waals surface area contributed by atoms with Gasteiger partial charge in [0.15, 0.2) is 5.13 Å². The predicted octanol–water partition coefficient (Wildman–Crippen LogP) is 2.24. The van der Waals surface area contributed by atoms with Crippen LogP contribution in [0.4, 0.5) is 5.13 Å². The van der Waals surface area contributed by atoms with Crippen LogP contribution in [0.2, 0.25) is 0 Å². The fourth-order valence-corrected chi connectivity index (χ4v) is 3.51. The van der Waals surface area contributed by atoms with Gasteiger partial charge in [-0.3, -0.25) is 4.90 Å². The van der Waals surface area contributed by atoms with E-state index >= 15 is 0 Å². The molecule has 0 aliphatic carbocycles. The number of anilines is 1. The van der Waals surface area contributed by atoms with E-state index in [1.54, 1.807) is 24.6 Å². The standard InChI is InChI=1S/C16H20N4OS/c1-21-15-12(4-2-8-18-15)5-3-9-20-10-6-13-14(7-11-20)22-16(17)19-13/h2-5,8H,6-7,9-11H2,1H3,(H2,17,19). The zero-order valence-electron chi connectivity index (χ0n) is 12.7. The summed E-state index contributed by atoms with van der Waals surface area (Å²) >= 11 is 1.63. The summed E-state index contributed by atoms with van der Waals surface area (Å²) in [6.45, 7) is 2.98. The SMILES string of the molecule is COc1ncccc1C=CCN1CCc2nc(N)sc2CC1. The molecule has 3 rings (SSSR count). The van der Waals surface area contributed by atoms with Crippen LogP contribution in [0.3, 0.4) is 0 Å². The van der Waals surface area contributed by atoms with Crippen LogP contribution in [0, 0.1) is 0 Å². The lowest BCUT2D eigenvalue weighted by Gasteiger charge is -2.17. The van der Waals surface area contributed by atoms with E-state index in [1.165, 1.54) is 10.6 Å². The van der Waals surface area contributed by atoms with E-state index in [9.17, 15) is 0 Å². The Hall–Kier alpha value is -1.92. The second-order valence-electron chi connectivity index (χ2n) is 5.23. The lowest BCUT2D eigenvalue weighted by molar-refractivity contribution is 0.318. The predicted molar refractivity (Wildman–Crippen MR) is 90.2 cm³/mol. The summed E-state index contributed by atoms with van der Waals surface area (Å²) in [5, 5.41) is 0.696. The van der Waals surface area contributed by atoms with E-state index in [-0.39, 0.29) is 0 Å². The van der Waals surface area contributed by atoms with Crippen LogP contribution in [0.1, 0.15) is 16.1 Å². The van der Waals surface area contributed by atoms with E-state index in [1.807, 2.05) is 12.1 Å². The summed E-state index contributed by atoms with van der Waals surface area (Å²) in [4.78, 5) is 12.4. The number of methoxy groups -OCH3 is 1. The molecule has 0 bridgehead atoms. The molecule has 0 amide bonds. The molecular weight excluding hydrogens is 296 g/mol. The third kappa shape index (κ3) is 3.45. The van der Waals surface area contributed by atoms with Gasteiger partial charge >= 0.3 is 0 Å². The third-order valence-corrected chi connectivity index (χ3v) is 4.76. The first-order chi connectivity index (χ1) is 10.8. The summed E-state index contributed by atoms with van der Waals surface area (Å²) in [5.41, 5.74) is 7.97. The van der Waals surface area contributed by atoms with Crippen LogP contribution in [0.15, 0.2) is 24.4 Å². The second-order valence-corrected chi connectivity index (χ2v) is 6.34. The summed E-state index contributed by atoms with van der Waals surface area (Å²) in [5.74, 6) is 0.663. The fraction of sp³-hybridized carbons (Fsp3) is 0.375. The molecule has 3 heterocycles. The Labute approximate surface area is 134 Å². The number of thiazole rings is 1. The van der Waals surface area contributed by atoms with E-state index in [0.29, 0.717) is 11.0 Å². The van der Waals surface area contributed by atoms with E-state index in [4.69, 9.17) is 10.5 Å². The van der Waals surface area contributed by atoms with Crippen molar-refractivity contribution in [2.45, 2.75) is 12.8 Å². The highest BCUT2D eigenvalue weighted by Crippen LogP contribution is 2.24. The lowest BCUT2D eigenvalue weighted by atomic mass is 10.2. The van der Waals surface area contributed by atoms with Gasteiger partial charge in [-0.2, -0.15) is 0 Å². The number of nitrogens with zero attached hydrogens (tertiary/aromatic N) is 3. The first kappa shape index (κ1) is 15.0. The molecule has 2 aromatic heterocycles. The van der Waals surface area contributed by atoms with Crippen molar-refractivity contribution in [3.05, 3.63) is 40.5 Å². The first-order valence-corrected chi connectivity index (χ1v) is 8.20. The van der Waals surface area contributed by atoms with Crippen molar-refractivity contribution in [2.24, 2.45) is 0 Å². The van der Waals surface area contributed by atoms with Crippen molar-refractivity contribution in [3.8, 4) is 5.88 Å². The molecule has 1 aliphatic rings. The molecule has 0 saturated carbocycles. The molecule has 0 atom stereocenters.